The highest BCUT2D eigenvalue weighted by molar-refractivity contribution is 6.48. The van der Waals surface area contributed by atoms with Gasteiger partial charge in [0.05, 0.1) is 5.52 Å². The molecule has 0 aliphatic heterocycles. The average molecular weight is 658 g/mol. The highest BCUT2D eigenvalue weighted by Gasteiger charge is 2.24. The van der Waals surface area contributed by atoms with Crippen molar-refractivity contribution in [2.75, 3.05) is 0 Å². The highest BCUT2D eigenvalue weighted by atomic mass is 16.7. The summed E-state index contributed by atoms with van der Waals surface area (Å²) in [6.07, 6.45) is 10.4. The van der Waals surface area contributed by atoms with Crippen LogP contribution in [0.5, 0.6) is 5.75 Å². The zero-order chi connectivity index (χ0) is 35.1. The summed E-state index contributed by atoms with van der Waals surface area (Å²) in [5.74, 6) is -2.46. The minimum Gasteiger partial charge on any atom is -0.423 e. The molecule has 0 saturated heterocycles. The zero-order valence-corrected chi connectivity index (χ0v) is 28.1. The first-order chi connectivity index (χ1) is 23.1. The van der Waals surface area contributed by atoms with Gasteiger partial charge >= 0.3 is 17.9 Å². The Morgan fingerprint density at radius 3 is 1.83 bits per heavy atom. The summed E-state index contributed by atoms with van der Waals surface area (Å²) in [4.78, 5) is 72.5. The number of unbranched alkanes of at least 4 members (excludes halogenated alkanes) is 6. The highest BCUT2D eigenvalue weighted by Crippen LogP contribution is 2.29. The van der Waals surface area contributed by atoms with Crippen molar-refractivity contribution in [2.45, 2.75) is 91.9 Å². The molecule has 2 aromatic carbocycles. The predicted molar refractivity (Wildman–Crippen MR) is 184 cm³/mol. The standard InChI is InChI=1S/C37H43N3O8/c1-6-9-11-13-15-32(38-47-25(4)41)36(44)27-17-22-34-30(23-27)31(37(45)33(39-48-26(5)42)16-14-12-10-7-2)24-40(34)28-18-20-29(21-19-28)46-35(43)8-3/h8,17-24H,3,6-7,9-16H2,1-2,4-5H3/b38-32+,39-33+. The number of aromatic nitrogens is 1. The van der Waals surface area contributed by atoms with Crippen molar-refractivity contribution in [2.24, 2.45) is 10.3 Å². The molecular weight excluding hydrogens is 614 g/mol. The monoisotopic (exact) mass is 657 g/mol. The number of carbonyl (C=O) groups excluding carboxylic acids is 5. The number of carbonyl (C=O) groups is 5. The van der Waals surface area contributed by atoms with Gasteiger partial charge in [-0.15, -0.1) is 0 Å². The van der Waals surface area contributed by atoms with Crippen molar-refractivity contribution < 1.29 is 38.4 Å². The topological polar surface area (TPSA) is 143 Å². The number of ether oxygens (including phenoxy) is 1. The first kappa shape index (κ1) is 37.3. The Balaban J connectivity index is 2.15. The number of hydrogen-bond donors (Lipinski definition) is 0. The number of esters is 1. The number of rotatable bonds is 19. The van der Waals surface area contributed by atoms with Gasteiger partial charge in [0.15, 0.2) is 0 Å². The fourth-order valence-corrected chi connectivity index (χ4v) is 5.00. The van der Waals surface area contributed by atoms with E-state index in [2.05, 4.69) is 30.7 Å². The Labute approximate surface area is 280 Å². The number of nitrogens with zero attached hydrogens (tertiary/aromatic N) is 3. The largest absolute Gasteiger partial charge is 0.423 e. The smallest absolute Gasteiger partial charge is 0.335 e. The average Bonchev–Trinajstić information content (AvgIpc) is 3.46. The van der Waals surface area contributed by atoms with Gasteiger partial charge in [-0.25, -0.2) is 14.4 Å². The quantitative estimate of drug-likeness (QED) is 0.0185. The summed E-state index contributed by atoms with van der Waals surface area (Å²) >= 11 is 0. The summed E-state index contributed by atoms with van der Waals surface area (Å²) in [5, 5.41) is 8.26. The maximum atomic E-state index is 14.1. The molecule has 3 aromatic rings. The predicted octanol–water partition coefficient (Wildman–Crippen LogP) is 7.87. The second-order valence-corrected chi connectivity index (χ2v) is 11.3. The molecule has 11 nitrogen and oxygen atoms in total. The molecule has 0 amide bonds. The van der Waals surface area contributed by atoms with E-state index in [0.29, 0.717) is 41.6 Å². The molecule has 3 rings (SSSR count). The van der Waals surface area contributed by atoms with Gasteiger partial charge < -0.3 is 19.0 Å². The number of ketones is 2. The minimum atomic E-state index is -0.653. The van der Waals surface area contributed by atoms with Gasteiger partial charge in [0.1, 0.15) is 17.2 Å². The van der Waals surface area contributed by atoms with Crippen LogP contribution in [0, 0.1) is 0 Å². The van der Waals surface area contributed by atoms with Crippen LogP contribution in [-0.4, -0.2) is 45.5 Å². The molecule has 1 aromatic heterocycles. The van der Waals surface area contributed by atoms with E-state index in [1.165, 1.54) is 13.8 Å². The minimum absolute atomic E-state index is 0.0804. The van der Waals surface area contributed by atoms with E-state index in [-0.39, 0.29) is 29.0 Å². The normalized spacial score (nSPS) is 11.7. The third-order valence-corrected chi connectivity index (χ3v) is 7.44. The molecule has 0 fully saturated rings. The molecule has 0 spiro atoms. The number of fused-ring (bicyclic) bond motifs is 1. The summed E-state index contributed by atoms with van der Waals surface area (Å²) in [6, 6.07) is 11.6. The SMILES string of the molecule is C=CC(=O)Oc1ccc(-n2cc(C(=O)/C(CCCCCC)=N/OC(C)=O)c3cc(C(=O)/C(CCCCCC)=N/OC(C)=O)ccc32)cc1. The fourth-order valence-electron chi connectivity index (χ4n) is 5.00. The Morgan fingerprint density at radius 2 is 1.31 bits per heavy atom. The molecule has 1 heterocycles. The Hall–Kier alpha value is -5.19. The molecule has 0 bridgehead atoms. The van der Waals surface area contributed by atoms with Crippen molar-refractivity contribution in [3.63, 3.8) is 0 Å². The second-order valence-electron chi connectivity index (χ2n) is 11.3. The third kappa shape index (κ3) is 10.7. The maximum absolute atomic E-state index is 14.1. The molecule has 0 unspecified atom stereocenters. The lowest BCUT2D eigenvalue weighted by Gasteiger charge is -2.09. The number of Topliss-reactive ketones (excluding diaryl/α,β-unsaturated/α-hetero) is 2. The van der Waals surface area contributed by atoms with Crippen LogP contribution < -0.4 is 4.74 Å². The first-order valence-electron chi connectivity index (χ1n) is 16.3. The van der Waals surface area contributed by atoms with Crippen LogP contribution in [0.2, 0.25) is 0 Å². The molecule has 0 N–H and O–H groups in total. The van der Waals surface area contributed by atoms with Gasteiger partial charge in [0, 0.05) is 48.3 Å². The molecule has 0 saturated carbocycles. The lowest BCUT2D eigenvalue weighted by atomic mass is 9.97. The van der Waals surface area contributed by atoms with Crippen LogP contribution in [0.1, 0.15) is 113 Å². The molecule has 0 aliphatic carbocycles. The van der Waals surface area contributed by atoms with Crippen LogP contribution in [0.3, 0.4) is 0 Å². The van der Waals surface area contributed by atoms with E-state index in [1.807, 2.05) is 0 Å². The van der Waals surface area contributed by atoms with Crippen molar-refractivity contribution in [3.8, 4) is 11.4 Å². The van der Waals surface area contributed by atoms with Gasteiger partial charge in [-0.2, -0.15) is 0 Å². The van der Waals surface area contributed by atoms with Crippen LogP contribution >= 0.6 is 0 Å². The fraction of sp³-hybridized carbons (Fsp3) is 0.378. The van der Waals surface area contributed by atoms with E-state index in [9.17, 15) is 24.0 Å². The van der Waals surface area contributed by atoms with Crippen LogP contribution in [0.4, 0.5) is 0 Å². The maximum Gasteiger partial charge on any atom is 0.335 e. The van der Waals surface area contributed by atoms with Crippen molar-refractivity contribution in [1.29, 1.82) is 0 Å². The summed E-state index contributed by atoms with van der Waals surface area (Å²) in [6.45, 7) is 9.99. The number of hydrogen-bond acceptors (Lipinski definition) is 10. The lowest BCUT2D eigenvalue weighted by Crippen LogP contribution is -2.17. The van der Waals surface area contributed by atoms with E-state index in [4.69, 9.17) is 14.4 Å². The van der Waals surface area contributed by atoms with Gasteiger partial charge in [0.25, 0.3) is 0 Å². The number of benzene rings is 2. The van der Waals surface area contributed by atoms with Crippen LogP contribution in [-0.2, 0) is 24.1 Å². The van der Waals surface area contributed by atoms with Crippen molar-refractivity contribution >= 4 is 51.8 Å². The van der Waals surface area contributed by atoms with E-state index in [1.54, 1.807) is 53.2 Å². The first-order valence-corrected chi connectivity index (χ1v) is 16.3. The molecular formula is C37H43N3O8. The Kier molecular flexibility index (Phi) is 14.6. The summed E-state index contributed by atoms with van der Waals surface area (Å²) in [5.41, 5.74) is 1.92. The van der Waals surface area contributed by atoms with Gasteiger partial charge in [-0.3, -0.25) is 9.59 Å². The van der Waals surface area contributed by atoms with E-state index >= 15 is 0 Å². The van der Waals surface area contributed by atoms with Crippen molar-refractivity contribution in [3.05, 3.63) is 72.4 Å². The molecule has 0 aliphatic rings. The molecule has 0 atom stereocenters. The molecule has 11 heteroatoms. The van der Waals surface area contributed by atoms with Gasteiger partial charge in [-0.1, -0.05) is 69.3 Å². The van der Waals surface area contributed by atoms with Crippen LogP contribution in [0.15, 0.2) is 71.6 Å². The second kappa shape index (κ2) is 18.8. The molecule has 0 radical (unpaired) electrons. The van der Waals surface area contributed by atoms with Crippen LogP contribution in [0.25, 0.3) is 16.6 Å². The Bertz CT molecular complexity index is 1700. The van der Waals surface area contributed by atoms with E-state index < -0.39 is 29.5 Å². The van der Waals surface area contributed by atoms with Gasteiger partial charge in [-0.05, 0) is 68.1 Å². The van der Waals surface area contributed by atoms with Crippen molar-refractivity contribution in [1.82, 2.24) is 4.57 Å². The third-order valence-electron chi connectivity index (χ3n) is 7.44. The lowest BCUT2D eigenvalue weighted by molar-refractivity contribution is -0.141. The Morgan fingerprint density at radius 1 is 0.750 bits per heavy atom. The molecule has 254 valence electrons. The van der Waals surface area contributed by atoms with E-state index in [0.717, 1.165) is 44.6 Å². The summed E-state index contributed by atoms with van der Waals surface area (Å²) < 4.78 is 6.97. The van der Waals surface area contributed by atoms with Gasteiger partial charge in [0.2, 0.25) is 11.6 Å². The zero-order valence-electron chi connectivity index (χ0n) is 28.1. The summed E-state index contributed by atoms with van der Waals surface area (Å²) in [7, 11) is 0. The molecule has 48 heavy (non-hydrogen) atoms. The number of oxime groups is 2.